The molecular weight excluding hydrogens is 164 g/mol. The molecule has 0 N–H and O–H groups in total. The molecule has 0 unspecified atom stereocenters. The lowest BCUT2D eigenvalue weighted by Gasteiger charge is -2.10. The highest BCUT2D eigenvalue weighted by atomic mass is 32.2. The lowest BCUT2D eigenvalue weighted by molar-refractivity contribution is 0.982. The van der Waals surface area contributed by atoms with Crippen molar-refractivity contribution in [1.29, 1.82) is 0 Å². The Bertz CT molecular complexity index is 192. The van der Waals surface area contributed by atoms with Crippen molar-refractivity contribution in [2.45, 2.75) is 0 Å². The van der Waals surface area contributed by atoms with E-state index in [1.54, 1.807) is 11.3 Å². The van der Waals surface area contributed by atoms with E-state index in [0.29, 0.717) is 0 Å². The molecule has 0 aromatic carbocycles. The molecule has 2 nitrogen and oxygen atoms in total. The minimum Gasteiger partial charge on any atom is -0.338 e. The highest BCUT2D eigenvalue weighted by Gasteiger charge is 2.13. The fraction of sp³-hybridized carbons (Fsp3) is 0.500. The van der Waals surface area contributed by atoms with Gasteiger partial charge in [-0.2, -0.15) is 0 Å². The second-order valence-corrected chi connectivity index (χ2v) is 4.06. The minimum atomic E-state index is 1.12. The van der Waals surface area contributed by atoms with Gasteiger partial charge in [-0.15, -0.1) is 23.1 Å². The normalized spacial score (nSPS) is 18.2. The van der Waals surface area contributed by atoms with Crippen molar-refractivity contribution in [3.8, 4) is 0 Å². The molecular formula is C6H8N2S2. The van der Waals surface area contributed by atoms with Crippen LogP contribution in [-0.2, 0) is 0 Å². The number of nitrogens with zero attached hydrogens (tertiary/aromatic N) is 2. The summed E-state index contributed by atoms with van der Waals surface area (Å²) in [6.07, 6.45) is 1.86. The summed E-state index contributed by atoms with van der Waals surface area (Å²) in [4.78, 5) is 6.54. The molecule has 1 fully saturated rings. The average Bonchev–Trinajstić information content (AvgIpc) is 2.59. The number of thioether (sulfide) groups is 1. The molecule has 1 aliphatic heterocycles. The smallest absolute Gasteiger partial charge is 0.185 e. The number of rotatable bonds is 1. The summed E-state index contributed by atoms with van der Waals surface area (Å²) in [5.41, 5.74) is 0. The summed E-state index contributed by atoms with van der Waals surface area (Å²) >= 11 is 3.69. The van der Waals surface area contributed by atoms with Gasteiger partial charge < -0.3 is 4.90 Å². The van der Waals surface area contributed by atoms with Crippen LogP contribution in [0.2, 0.25) is 0 Å². The van der Waals surface area contributed by atoms with E-state index in [1.807, 2.05) is 23.3 Å². The van der Waals surface area contributed by atoms with Gasteiger partial charge in [-0.05, 0) is 0 Å². The fourth-order valence-electron chi connectivity index (χ4n) is 0.937. The maximum absolute atomic E-state index is 4.23. The van der Waals surface area contributed by atoms with E-state index in [4.69, 9.17) is 0 Å². The molecule has 0 bridgehead atoms. The van der Waals surface area contributed by atoms with Crippen LogP contribution in [0.3, 0.4) is 0 Å². The van der Waals surface area contributed by atoms with Crippen LogP contribution in [-0.4, -0.2) is 23.2 Å². The molecule has 0 aliphatic carbocycles. The predicted octanol–water partition coefficient (Wildman–Crippen LogP) is 1.65. The van der Waals surface area contributed by atoms with E-state index in [1.165, 1.54) is 10.9 Å². The van der Waals surface area contributed by atoms with Crippen LogP contribution < -0.4 is 4.90 Å². The van der Waals surface area contributed by atoms with Gasteiger partial charge in [0.15, 0.2) is 5.13 Å². The van der Waals surface area contributed by atoms with E-state index in [-0.39, 0.29) is 0 Å². The number of anilines is 1. The van der Waals surface area contributed by atoms with Gasteiger partial charge in [0.05, 0.1) is 5.88 Å². The Kier molecular flexibility index (Phi) is 1.82. The Labute approximate surface area is 68.3 Å². The SMILES string of the molecule is c1csc(N2CCSC2)n1. The van der Waals surface area contributed by atoms with Crippen LogP contribution in [0, 0.1) is 0 Å². The lowest BCUT2D eigenvalue weighted by atomic mass is 10.7. The van der Waals surface area contributed by atoms with Crippen molar-refractivity contribution in [2.75, 3.05) is 23.1 Å². The van der Waals surface area contributed by atoms with E-state index < -0.39 is 0 Å². The summed E-state index contributed by atoms with van der Waals surface area (Å²) in [5, 5.41) is 3.20. The van der Waals surface area contributed by atoms with Gasteiger partial charge in [-0.25, -0.2) is 4.98 Å². The Balaban J connectivity index is 2.12. The summed E-state index contributed by atoms with van der Waals surface area (Å²) in [7, 11) is 0. The Morgan fingerprint density at radius 3 is 3.20 bits per heavy atom. The monoisotopic (exact) mass is 172 g/mol. The molecule has 0 saturated carbocycles. The molecule has 1 aromatic heterocycles. The summed E-state index contributed by atoms with van der Waals surface area (Å²) in [6, 6.07) is 0. The summed E-state index contributed by atoms with van der Waals surface area (Å²) in [5.74, 6) is 2.37. The number of aromatic nitrogens is 1. The van der Waals surface area contributed by atoms with Gasteiger partial charge in [-0.3, -0.25) is 0 Å². The van der Waals surface area contributed by atoms with Gasteiger partial charge in [0.2, 0.25) is 0 Å². The molecule has 2 heterocycles. The first-order chi connectivity index (χ1) is 4.97. The average molecular weight is 172 g/mol. The molecule has 0 atom stereocenters. The molecule has 1 aliphatic rings. The van der Waals surface area contributed by atoms with Crippen molar-refractivity contribution in [3.05, 3.63) is 11.6 Å². The standard InChI is InChI=1S/C6H8N2S2/c1-3-10-6(7-1)8-2-4-9-5-8/h1,3H,2,4-5H2. The van der Waals surface area contributed by atoms with E-state index >= 15 is 0 Å². The second kappa shape index (κ2) is 2.80. The zero-order chi connectivity index (χ0) is 6.81. The largest absolute Gasteiger partial charge is 0.338 e. The number of hydrogen-bond donors (Lipinski definition) is 0. The predicted molar refractivity (Wildman–Crippen MR) is 46.8 cm³/mol. The number of thiazole rings is 1. The first kappa shape index (κ1) is 6.49. The van der Waals surface area contributed by atoms with Crippen LogP contribution in [0.15, 0.2) is 11.6 Å². The van der Waals surface area contributed by atoms with Crippen molar-refractivity contribution < 1.29 is 0 Å². The van der Waals surface area contributed by atoms with Crippen molar-refractivity contribution in [1.82, 2.24) is 4.98 Å². The Morgan fingerprint density at radius 1 is 1.60 bits per heavy atom. The Hall–Kier alpha value is -0.220. The zero-order valence-corrected chi connectivity index (χ0v) is 7.12. The second-order valence-electron chi connectivity index (χ2n) is 2.12. The van der Waals surface area contributed by atoms with Gasteiger partial charge in [0.25, 0.3) is 0 Å². The van der Waals surface area contributed by atoms with Gasteiger partial charge in [0.1, 0.15) is 0 Å². The third kappa shape index (κ3) is 1.13. The molecule has 54 valence electrons. The quantitative estimate of drug-likeness (QED) is 0.641. The Morgan fingerprint density at radius 2 is 2.60 bits per heavy atom. The van der Waals surface area contributed by atoms with Gasteiger partial charge in [-0.1, -0.05) is 0 Å². The molecule has 1 saturated heterocycles. The molecule has 4 heteroatoms. The van der Waals surface area contributed by atoms with Crippen LogP contribution in [0.5, 0.6) is 0 Å². The van der Waals surface area contributed by atoms with Crippen molar-refractivity contribution in [2.24, 2.45) is 0 Å². The third-order valence-electron chi connectivity index (χ3n) is 1.44. The fourth-order valence-corrected chi connectivity index (χ4v) is 2.64. The molecule has 0 spiro atoms. The highest BCUT2D eigenvalue weighted by Crippen LogP contribution is 2.23. The molecule has 0 amide bonds. The van der Waals surface area contributed by atoms with E-state index in [2.05, 4.69) is 9.88 Å². The molecule has 10 heavy (non-hydrogen) atoms. The van der Waals surface area contributed by atoms with Gasteiger partial charge in [0, 0.05) is 23.9 Å². The van der Waals surface area contributed by atoms with Crippen LogP contribution >= 0.6 is 23.1 Å². The topological polar surface area (TPSA) is 16.1 Å². The molecule has 2 rings (SSSR count). The minimum absolute atomic E-state index is 1.12. The first-order valence-electron chi connectivity index (χ1n) is 3.19. The third-order valence-corrected chi connectivity index (χ3v) is 3.24. The highest BCUT2D eigenvalue weighted by molar-refractivity contribution is 7.99. The van der Waals surface area contributed by atoms with Gasteiger partial charge >= 0.3 is 0 Å². The van der Waals surface area contributed by atoms with Crippen LogP contribution in [0.25, 0.3) is 0 Å². The maximum atomic E-state index is 4.23. The van der Waals surface area contributed by atoms with E-state index in [9.17, 15) is 0 Å². The van der Waals surface area contributed by atoms with Crippen molar-refractivity contribution in [3.63, 3.8) is 0 Å². The van der Waals surface area contributed by atoms with E-state index in [0.717, 1.165) is 12.4 Å². The lowest BCUT2D eigenvalue weighted by Crippen LogP contribution is -2.17. The summed E-state index contributed by atoms with van der Waals surface area (Å²) < 4.78 is 0. The molecule has 1 aromatic rings. The zero-order valence-electron chi connectivity index (χ0n) is 5.49. The summed E-state index contributed by atoms with van der Waals surface area (Å²) in [6.45, 7) is 1.16. The van der Waals surface area contributed by atoms with Crippen LogP contribution in [0.1, 0.15) is 0 Å². The first-order valence-corrected chi connectivity index (χ1v) is 5.22. The molecule has 0 radical (unpaired) electrons. The van der Waals surface area contributed by atoms with Crippen LogP contribution in [0.4, 0.5) is 5.13 Å². The maximum Gasteiger partial charge on any atom is 0.185 e. The van der Waals surface area contributed by atoms with Crippen molar-refractivity contribution >= 4 is 28.2 Å². The number of hydrogen-bond acceptors (Lipinski definition) is 4.